The second-order valence-corrected chi connectivity index (χ2v) is 8.98. The Morgan fingerprint density at radius 2 is 1.75 bits per heavy atom. The van der Waals surface area contributed by atoms with Gasteiger partial charge in [0, 0.05) is 17.1 Å². The van der Waals surface area contributed by atoms with Gasteiger partial charge in [0.25, 0.3) is 0 Å². The van der Waals surface area contributed by atoms with Crippen LogP contribution in [0.5, 0.6) is 5.75 Å². The number of halogens is 2. The third-order valence-corrected chi connectivity index (χ3v) is 6.48. The summed E-state index contributed by atoms with van der Waals surface area (Å²) in [7, 11) is 0. The van der Waals surface area contributed by atoms with Crippen molar-refractivity contribution in [2.45, 2.75) is 45.6 Å². The highest BCUT2D eigenvalue weighted by atomic mass is 35.5. The molecule has 32 heavy (non-hydrogen) atoms. The van der Waals surface area contributed by atoms with E-state index in [0.29, 0.717) is 22.6 Å². The Bertz CT molecular complexity index is 1180. The monoisotopic (exact) mass is 466 g/mol. The van der Waals surface area contributed by atoms with Crippen LogP contribution in [0.4, 0.5) is 0 Å². The minimum absolute atomic E-state index is 0.581. The molecule has 0 spiro atoms. The van der Waals surface area contributed by atoms with E-state index in [1.54, 1.807) is 6.07 Å². The zero-order valence-corrected chi connectivity index (χ0v) is 20.0. The normalized spacial score (nSPS) is 12.2. The van der Waals surface area contributed by atoms with E-state index in [1.165, 1.54) is 5.56 Å². The number of rotatable bonds is 9. The van der Waals surface area contributed by atoms with Crippen molar-refractivity contribution < 1.29 is 4.74 Å². The number of fused-ring (bicyclic) bond motifs is 1. The van der Waals surface area contributed by atoms with Crippen LogP contribution in [0.3, 0.4) is 0 Å². The van der Waals surface area contributed by atoms with Gasteiger partial charge in [-0.2, -0.15) is 0 Å². The molecule has 1 aromatic heterocycles. The maximum atomic E-state index is 6.50. The van der Waals surface area contributed by atoms with Crippen LogP contribution < -0.4 is 4.74 Å². The van der Waals surface area contributed by atoms with Gasteiger partial charge >= 0.3 is 0 Å². The molecule has 1 heterocycles. The van der Waals surface area contributed by atoms with E-state index in [9.17, 15) is 0 Å². The van der Waals surface area contributed by atoms with Gasteiger partial charge in [-0.1, -0.05) is 61.3 Å². The Hall–Kier alpha value is -2.49. The number of aromatic nitrogens is 2. The van der Waals surface area contributed by atoms with Gasteiger partial charge in [-0.3, -0.25) is 0 Å². The SMILES string of the molecule is CCC(C)c1ccc(OCCCCn2c(-c3ccc(Cl)cc3Cl)nc3ccccc32)cc1. The first kappa shape index (κ1) is 22.7. The average Bonchev–Trinajstić information content (AvgIpc) is 3.17. The predicted octanol–water partition coefficient (Wildman–Crippen LogP) is 8.38. The number of hydrogen-bond donors (Lipinski definition) is 0. The highest BCUT2D eigenvalue weighted by Gasteiger charge is 2.15. The molecule has 1 atom stereocenters. The average molecular weight is 467 g/mol. The first-order valence-electron chi connectivity index (χ1n) is 11.2. The van der Waals surface area contributed by atoms with Crippen LogP contribution in [-0.2, 0) is 6.54 Å². The van der Waals surface area contributed by atoms with Crippen LogP contribution in [0, 0.1) is 0 Å². The minimum atomic E-state index is 0.581. The summed E-state index contributed by atoms with van der Waals surface area (Å²) in [5, 5.41) is 1.23. The molecule has 0 saturated carbocycles. The fraction of sp³-hybridized carbons (Fsp3) is 0.296. The molecule has 4 rings (SSSR count). The van der Waals surface area contributed by atoms with Crippen molar-refractivity contribution in [3.63, 3.8) is 0 Å². The fourth-order valence-electron chi connectivity index (χ4n) is 3.87. The molecule has 3 nitrogen and oxygen atoms in total. The molecule has 166 valence electrons. The van der Waals surface area contributed by atoms with E-state index < -0.39 is 0 Å². The van der Waals surface area contributed by atoms with Crippen LogP contribution in [0.2, 0.25) is 10.0 Å². The largest absolute Gasteiger partial charge is 0.494 e. The minimum Gasteiger partial charge on any atom is -0.494 e. The zero-order chi connectivity index (χ0) is 22.5. The maximum absolute atomic E-state index is 6.50. The van der Waals surface area contributed by atoms with E-state index in [4.69, 9.17) is 32.9 Å². The fourth-order valence-corrected chi connectivity index (χ4v) is 4.36. The molecular formula is C27H28Cl2N2O. The quantitative estimate of drug-likeness (QED) is 0.231. The lowest BCUT2D eigenvalue weighted by molar-refractivity contribution is 0.303. The van der Waals surface area contributed by atoms with E-state index in [2.05, 4.69) is 48.7 Å². The lowest BCUT2D eigenvalue weighted by Crippen LogP contribution is -2.04. The highest BCUT2D eigenvalue weighted by molar-refractivity contribution is 6.36. The summed E-state index contributed by atoms with van der Waals surface area (Å²) in [6.45, 7) is 5.99. The second kappa shape index (κ2) is 10.4. The van der Waals surface area contributed by atoms with Crippen LogP contribution in [0.25, 0.3) is 22.4 Å². The number of nitrogens with zero attached hydrogens (tertiary/aromatic N) is 2. The molecule has 1 unspecified atom stereocenters. The Morgan fingerprint density at radius 3 is 2.50 bits per heavy atom. The van der Waals surface area contributed by atoms with Gasteiger partial charge in [-0.15, -0.1) is 0 Å². The summed E-state index contributed by atoms with van der Waals surface area (Å²) in [4.78, 5) is 4.85. The van der Waals surface area contributed by atoms with Gasteiger partial charge in [0.15, 0.2) is 0 Å². The Morgan fingerprint density at radius 1 is 0.969 bits per heavy atom. The second-order valence-electron chi connectivity index (χ2n) is 8.13. The van der Waals surface area contributed by atoms with Crippen LogP contribution >= 0.6 is 23.2 Å². The Kier molecular flexibility index (Phi) is 7.39. The zero-order valence-electron chi connectivity index (χ0n) is 18.5. The smallest absolute Gasteiger partial charge is 0.142 e. The molecule has 0 radical (unpaired) electrons. The first-order valence-corrected chi connectivity index (χ1v) is 12.0. The van der Waals surface area contributed by atoms with Gasteiger partial charge in [0.2, 0.25) is 0 Å². The molecule has 0 fully saturated rings. The molecule has 0 aliphatic rings. The first-order chi connectivity index (χ1) is 15.6. The third-order valence-electron chi connectivity index (χ3n) is 5.93. The topological polar surface area (TPSA) is 27.1 Å². The number of benzene rings is 3. The van der Waals surface area contributed by atoms with Crippen LogP contribution in [0.15, 0.2) is 66.7 Å². The maximum Gasteiger partial charge on any atom is 0.142 e. The predicted molar refractivity (Wildman–Crippen MR) is 135 cm³/mol. The van der Waals surface area contributed by atoms with E-state index in [0.717, 1.165) is 54.0 Å². The molecule has 0 amide bonds. The standard InChI is InChI=1S/C27H28Cl2N2O/c1-3-19(2)20-10-13-22(14-11-20)32-17-7-6-16-31-26-9-5-4-8-25(26)30-27(31)23-15-12-21(28)18-24(23)29/h4-5,8-15,18-19H,3,6-7,16-17H2,1-2H3. The molecule has 4 aromatic rings. The van der Waals surface area contributed by atoms with Crippen molar-refractivity contribution >= 4 is 34.2 Å². The summed E-state index contributed by atoms with van der Waals surface area (Å²) >= 11 is 12.6. The van der Waals surface area contributed by atoms with E-state index in [1.807, 2.05) is 30.3 Å². The van der Waals surface area contributed by atoms with Gasteiger partial charge in [0.05, 0.1) is 22.7 Å². The molecule has 0 aliphatic carbocycles. The summed E-state index contributed by atoms with van der Waals surface area (Å²) in [6, 6.07) is 22.2. The number of unbranched alkanes of at least 4 members (excludes halogenated alkanes) is 1. The number of ether oxygens (including phenoxy) is 1. The molecular weight excluding hydrogens is 439 g/mol. The van der Waals surface area contributed by atoms with Crippen molar-refractivity contribution in [3.8, 4) is 17.1 Å². The Balaban J connectivity index is 1.42. The van der Waals surface area contributed by atoms with Crippen molar-refractivity contribution in [1.29, 1.82) is 0 Å². The summed E-state index contributed by atoms with van der Waals surface area (Å²) < 4.78 is 8.21. The Labute approximate surface area is 200 Å². The molecule has 5 heteroatoms. The van der Waals surface area contributed by atoms with E-state index in [-0.39, 0.29) is 0 Å². The summed E-state index contributed by atoms with van der Waals surface area (Å²) in [5.41, 5.74) is 4.33. The number of imidazole rings is 1. The van der Waals surface area contributed by atoms with Crippen molar-refractivity contribution in [1.82, 2.24) is 9.55 Å². The van der Waals surface area contributed by atoms with Crippen molar-refractivity contribution in [2.75, 3.05) is 6.61 Å². The van der Waals surface area contributed by atoms with Crippen molar-refractivity contribution in [3.05, 3.63) is 82.3 Å². The third kappa shape index (κ3) is 5.11. The highest BCUT2D eigenvalue weighted by Crippen LogP contribution is 2.32. The lowest BCUT2D eigenvalue weighted by Gasteiger charge is -2.12. The van der Waals surface area contributed by atoms with Gasteiger partial charge < -0.3 is 9.30 Å². The molecule has 0 bridgehead atoms. The number of hydrogen-bond acceptors (Lipinski definition) is 2. The lowest BCUT2D eigenvalue weighted by atomic mass is 9.99. The van der Waals surface area contributed by atoms with Gasteiger partial charge in [-0.05, 0) is 73.2 Å². The van der Waals surface area contributed by atoms with Gasteiger partial charge in [-0.25, -0.2) is 4.98 Å². The van der Waals surface area contributed by atoms with E-state index >= 15 is 0 Å². The molecule has 3 aromatic carbocycles. The van der Waals surface area contributed by atoms with Gasteiger partial charge in [0.1, 0.15) is 11.6 Å². The summed E-state index contributed by atoms with van der Waals surface area (Å²) in [5.74, 6) is 2.38. The number of aryl methyl sites for hydroxylation is 1. The molecule has 0 saturated heterocycles. The number of para-hydroxylation sites is 2. The van der Waals surface area contributed by atoms with Crippen LogP contribution in [-0.4, -0.2) is 16.2 Å². The van der Waals surface area contributed by atoms with Crippen molar-refractivity contribution in [2.24, 2.45) is 0 Å². The summed E-state index contributed by atoms with van der Waals surface area (Å²) in [6.07, 6.45) is 3.07. The molecule has 0 aliphatic heterocycles. The molecule has 0 N–H and O–H groups in total. The van der Waals surface area contributed by atoms with Crippen LogP contribution in [0.1, 0.15) is 44.6 Å².